The monoisotopic (exact) mass is 332 g/mol. The number of aryl methyl sites for hydroxylation is 2. The Morgan fingerprint density at radius 3 is 3.04 bits per heavy atom. The highest BCUT2D eigenvalue weighted by atomic mass is 16.5. The number of fused-ring (bicyclic) bond motifs is 1. The van der Waals surface area contributed by atoms with Crippen LogP contribution in [-0.2, 0) is 16.1 Å². The van der Waals surface area contributed by atoms with Crippen LogP contribution < -0.4 is 10.9 Å². The van der Waals surface area contributed by atoms with Gasteiger partial charge in [-0.1, -0.05) is 6.92 Å². The number of carbonyl (C=O) groups excluding carboxylic acids is 1. The molecule has 0 aliphatic carbocycles. The molecule has 1 amide bonds. The number of hydrogen-bond donors (Lipinski definition) is 2. The molecule has 1 aliphatic heterocycles. The Hall–Kier alpha value is -2.15. The maximum atomic E-state index is 12.6. The van der Waals surface area contributed by atoms with E-state index >= 15 is 0 Å². The minimum Gasteiger partial charge on any atom is -0.377 e. The van der Waals surface area contributed by atoms with Gasteiger partial charge < -0.3 is 10.1 Å². The average Bonchev–Trinajstić information content (AvgIpc) is 2.94. The number of carbonyl (C=O) groups is 1. The molecule has 0 radical (unpaired) electrons. The van der Waals surface area contributed by atoms with E-state index in [2.05, 4.69) is 15.4 Å². The van der Waals surface area contributed by atoms with Crippen LogP contribution in [0.2, 0.25) is 0 Å². The topological polar surface area (TPSA) is 88.5 Å². The van der Waals surface area contributed by atoms with Gasteiger partial charge in [-0.25, -0.2) is 9.50 Å². The second-order valence-corrected chi connectivity index (χ2v) is 6.36. The number of ether oxygens (including phenoxy) is 1. The molecule has 3 rings (SSSR count). The predicted molar refractivity (Wildman–Crippen MR) is 89.9 cm³/mol. The van der Waals surface area contributed by atoms with Crippen molar-refractivity contribution in [3.63, 3.8) is 0 Å². The van der Waals surface area contributed by atoms with Crippen LogP contribution >= 0.6 is 0 Å². The van der Waals surface area contributed by atoms with Gasteiger partial charge in [0.15, 0.2) is 5.65 Å². The molecule has 2 unspecified atom stereocenters. The fraction of sp³-hybridized carbons (Fsp3) is 0.588. The van der Waals surface area contributed by atoms with Crippen molar-refractivity contribution in [2.75, 3.05) is 6.61 Å². The van der Waals surface area contributed by atoms with Gasteiger partial charge in [0.25, 0.3) is 5.56 Å². The third kappa shape index (κ3) is 3.08. The van der Waals surface area contributed by atoms with Crippen LogP contribution in [0.5, 0.6) is 0 Å². The molecule has 0 spiro atoms. The molecule has 2 atom stereocenters. The van der Waals surface area contributed by atoms with Crippen LogP contribution in [0.15, 0.2) is 10.9 Å². The Morgan fingerprint density at radius 2 is 2.29 bits per heavy atom. The lowest BCUT2D eigenvalue weighted by Crippen LogP contribution is -2.41. The van der Waals surface area contributed by atoms with Gasteiger partial charge in [0.05, 0.1) is 12.0 Å². The van der Waals surface area contributed by atoms with E-state index in [1.165, 1.54) is 6.07 Å². The van der Waals surface area contributed by atoms with Crippen molar-refractivity contribution < 1.29 is 9.53 Å². The number of aromatic amines is 1. The number of nitrogens with zero attached hydrogens (tertiary/aromatic N) is 2. The molecule has 0 aromatic carbocycles. The Bertz CT molecular complexity index is 808. The summed E-state index contributed by atoms with van der Waals surface area (Å²) in [6.45, 7) is 6.99. The van der Waals surface area contributed by atoms with E-state index in [4.69, 9.17) is 4.74 Å². The number of hydrogen-bond acceptors (Lipinski definition) is 4. The quantitative estimate of drug-likeness (QED) is 0.887. The van der Waals surface area contributed by atoms with Crippen molar-refractivity contribution in [3.8, 4) is 0 Å². The number of rotatable bonds is 4. The molecule has 1 fully saturated rings. The largest absolute Gasteiger partial charge is 0.377 e. The summed E-state index contributed by atoms with van der Waals surface area (Å²) in [7, 11) is 0. The highest BCUT2D eigenvalue weighted by Gasteiger charge is 2.30. The van der Waals surface area contributed by atoms with Gasteiger partial charge in [0.2, 0.25) is 5.91 Å². The molecule has 2 aromatic heterocycles. The fourth-order valence-corrected chi connectivity index (χ4v) is 3.46. The maximum Gasteiger partial charge on any atom is 0.266 e. The molecule has 1 saturated heterocycles. The van der Waals surface area contributed by atoms with E-state index in [9.17, 15) is 9.59 Å². The molecule has 130 valence electrons. The third-order valence-electron chi connectivity index (χ3n) is 4.82. The summed E-state index contributed by atoms with van der Waals surface area (Å²) < 4.78 is 7.37. The van der Waals surface area contributed by atoms with Crippen LogP contribution in [0.25, 0.3) is 5.65 Å². The van der Waals surface area contributed by atoms with Crippen molar-refractivity contribution in [3.05, 3.63) is 33.4 Å². The molecule has 2 aromatic rings. The normalized spacial score (nSPS) is 21.1. The highest BCUT2D eigenvalue weighted by Crippen LogP contribution is 2.23. The first kappa shape index (κ1) is 16.7. The number of nitrogens with one attached hydrogen (secondary N) is 2. The number of amides is 1. The first-order valence-corrected chi connectivity index (χ1v) is 8.48. The Kier molecular flexibility index (Phi) is 4.71. The lowest BCUT2D eigenvalue weighted by Gasteiger charge is -2.30. The SMILES string of the molecule is CCC1OCCCC1C(=O)NCc1c(C)nc2cc(=O)[nH]n2c1C. The fourth-order valence-electron chi connectivity index (χ4n) is 3.46. The summed E-state index contributed by atoms with van der Waals surface area (Å²) in [5.41, 5.74) is 3.03. The molecule has 0 saturated carbocycles. The summed E-state index contributed by atoms with van der Waals surface area (Å²) in [6, 6.07) is 1.47. The zero-order valence-corrected chi connectivity index (χ0v) is 14.4. The lowest BCUT2D eigenvalue weighted by atomic mass is 9.91. The summed E-state index contributed by atoms with van der Waals surface area (Å²) in [5, 5.41) is 5.75. The zero-order valence-electron chi connectivity index (χ0n) is 14.4. The molecule has 1 aliphatic rings. The highest BCUT2D eigenvalue weighted by molar-refractivity contribution is 5.79. The standard InChI is InChI=1S/C17H24N4O3/c1-4-14-12(6-5-7-24-14)17(23)18-9-13-10(2)19-15-8-16(22)20-21(15)11(13)3/h8,12,14H,4-7,9H2,1-3H3,(H,18,23)(H,20,22). The summed E-state index contributed by atoms with van der Waals surface area (Å²) in [4.78, 5) is 28.5. The van der Waals surface area contributed by atoms with E-state index < -0.39 is 0 Å². The van der Waals surface area contributed by atoms with Gasteiger partial charge in [0, 0.05) is 36.2 Å². The summed E-state index contributed by atoms with van der Waals surface area (Å²) in [5.74, 6) is -0.0612. The van der Waals surface area contributed by atoms with E-state index in [1.54, 1.807) is 4.52 Å². The predicted octanol–water partition coefficient (Wildman–Crippen LogP) is 1.46. The van der Waals surface area contributed by atoms with Gasteiger partial charge in [0.1, 0.15) is 0 Å². The van der Waals surface area contributed by atoms with Gasteiger partial charge >= 0.3 is 0 Å². The van der Waals surface area contributed by atoms with E-state index in [0.29, 0.717) is 12.2 Å². The molecule has 7 nitrogen and oxygen atoms in total. The van der Waals surface area contributed by atoms with Crippen LogP contribution in [0, 0.1) is 19.8 Å². The van der Waals surface area contributed by atoms with Crippen molar-refractivity contribution in [1.82, 2.24) is 19.9 Å². The molecule has 24 heavy (non-hydrogen) atoms. The summed E-state index contributed by atoms with van der Waals surface area (Å²) in [6.07, 6.45) is 2.63. The third-order valence-corrected chi connectivity index (χ3v) is 4.82. The van der Waals surface area contributed by atoms with Gasteiger partial charge in [-0.05, 0) is 33.1 Å². The van der Waals surface area contributed by atoms with Gasteiger partial charge in [-0.2, -0.15) is 0 Å². The minimum absolute atomic E-state index is 0.00218. The van der Waals surface area contributed by atoms with Crippen molar-refractivity contribution in [2.45, 2.75) is 52.7 Å². The van der Waals surface area contributed by atoms with Crippen LogP contribution in [0.3, 0.4) is 0 Å². The van der Waals surface area contributed by atoms with Crippen molar-refractivity contribution in [2.24, 2.45) is 5.92 Å². The lowest BCUT2D eigenvalue weighted by molar-refractivity contribution is -0.134. The Morgan fingerprint density at radius 1 is 1.50 bits per heavy atom. The van der Waals surface area contributed by atoms with E-state index in [-0.39, 0.29) is 23.5 Å². The second-order valence-electron chi connectivity index (χ2n) is 6.36. The second kappa shape index (κ2) is 6.76. The van der Waals surface area contributed by atoms with Crippen molar-refractivity contribution >= 4 is 11.6 Å². The number of H-pyrrole nitrogens is 1. The van der Waals surface area contributed by atoms with Gasteiger partial charge in [-0.3, -0.25) is 14.7 Å². The minimum atomic E-state index is -0.184. The Labute approximate surface area is 140 Å². The van der Waals surface area contributed by atoms with Crippen LogP contribution in [0.4, 0.5) is 0 Å². The Balaban J connectivity index is 1.77. The number of aromatic nitrogens is 3. The maximum absolute atomic E-state index is 12.6. The smallest absolute Gasteiger partial charge is 0.266 e. The molecule has 3 heterocycles. The van der Waals surface area contributed by atoms with Crippen LogP contribution in [-0.4, -0.2) is 33.2 Å². The van der Waals surface area contributed by atoms with Crippen LogP contribution in [0.1, 0.15) is 43.1 Å². The molecule has 2 N–H and O–H groups in total. The van der Waals surface area contributed by atoms with E-state index in [0.717, 1.165) is 42.8 Å². The van der Waals surface area contributed by atoms with Gasteiger partial charge in [-0.15, -0.1) is 0 Å². The van der Waals surface area contributed by atoms with E-state index in [1.807, 2.05) is 20.8 Å². The first-order chi connectivity index (χ1) is 11.5. The van der Waals surface area contributed by atoms with Crippen molar-refractivity contribution in [1.29, 1.82) is 0 Å². The zero-order chi connectivity index (χ0) is 17.3. The molecular weight excluding hydrogens is 308 g/mol. The average molecular weight is 332 g/mol. The molecular formula is C17H24N4O3. The summed E-state index contributed by atoms with van der Waals surface area (Å²) >= 11 is 0. The first-order valence-electron chi connectivity index (χ1n) is 8.48. The molecule has 0 bridgehead atoms. The molecule has 7 heteroatoms.